The van der Waals surface area contributed by atoms with Crippen molar-refractivity contribution in [2.75, 3.05) is 96.6 Å². The zero-order valence-corrected chi connectivity index (χ0v) is 59.1. The number of aromatic amines is 1. The standard InChI is InChI=1S/C67H92N14O18S3/c1-39(82)58(66(97)75-52(37-101)65(96)77-59(40(2)83)67(98)99)76-60(91)47(17-10-11-19-68)71-62(93)49(29-42-31-69-46-16-8-6-14-44(42)46)72-63(94)50(30-43-38-102-53-18-9-7-15-45(43)53)73-64(95)51(36-100)74-61(92)48(28-41-12-4-3-5-13-41)70-54(84)32-78-20-22-79(33-55(85)86)24-26-81(35-57(89)90)27-25-80(23-21-78)34-56(87)88/h3-9,12-16,18,31,38-40,47-52,58-59,69,82-83,100-101H,10-11,17,19-30,32-37,68H2,1-2H3,(H,70,84)(H,71,93)(H,72,94)(H,73,95)(H,74,92)(H,75,97)(H,76,91)(H,77,96)(H,85,86)(H,87,88)(H,89,90)(H,98,99)/t39-,40-,47+,48-,49-,50+,51+,52+,58+,59+/m1/s1. The smallest absolute Gasteiger partial charge is 0.328 e. The predicted octanol–water partition coefficient (Wildman–Crippen LogP) is -2.40. The minimum atomic E-state index is -1.79. The number of unbranched alkanes of at least 4 members (excludes halogenated alkanes) is 1. The molecule has 556 valence electrons. The van der Waals surface area contributed by atoms with Crippen molar-refractivity contribution in [1.82, 2.24) is 67.1 Å². The van der Waals surface area contributed by atoms with Gasteiger partial charge in [0, 0.05) is 105 Å². The third-order valence-corrected chi connectivity index (χ3v) is 18.7. The van der Waals surface area contributed by atoms with Crippen LogP contribution >= 0.6 is 36.6 Å². The van der Waals surface area contributed by atoms with Crippen LogP contribution in [-0.4, -0.2) is 283 Å². The largest absolute Gasteiger partial charge is 0.480 e. The maximum atomic E-state index is 15.3. The molecule has 1 aliphatic heterocycles. The molecule has 1 aliphatic rings. The molecule has 10 atom stereocenters. The van der Waals surface area contributed by atoms with E-state index in [0.29, 0.717) is 34.0 Å². The summed E-state index contributed by atoms with van der Waals surface area (Å²) in [6, 6.07) is 10.7. The van der Waals surface area contributed by atoms with E-state index in [2.05, 4.69) is 72.8 Å². The van der Waals surface area contributed by atoms with E-state index in [-0.39, 0.29) is 110 Å². The second kappa shape index (κ2) is 41.4. The van der Waals surface area contributed by atoms with Crippen molar-refractivity contribution in [3.63, 3.8) is 0 Å². The number of carbonyl (C=O) groups excluding carboxylic acids is 8. The van der Waals surface area contributed by atoms with E-state index in [4.69, 9.17) is 5.73 Å². The lowest BCUT2D eigenvalue weighted by molar-refractivity contribution is -0.145. The number of carboxylic acid groups (broad SMARTS) is 4. The molecule has 102 heavy (non-hydrogen) atoms. The fourth-order valence-corrected chi connectivity index (χ4v) is 12.9. The number of aliphatic hydroxyl groups is 2. The third-order valence-electron chi connectivity index (χ3n) is 17.0. The predicted molar refractivity (Wildman–Crippen MR) is 383 cm³/mol. The summed E-state index contributed by atoms with van der Waals surface area (Å²) in [6.07, 6.45) is -1.51. The Kier molecular flexibility index (Phi) is 33.3. The highest BCUT2D eigenvalue weighted by molar-refractivity contribution is 7.80. The number of H-pyrrole nitrogens is 1. The molecule has 17 N–H and O–H groups in total. The molecule has 0 spiro atoms. The molecular formula is C67H92N14O18S3. The fraction of sp³-hybridized carbons (Fsp3) is 0.493. The first-order chi connectivity index (χ1) is 48.7. The number of aliphatic hydroxyl groups excluding tert-OH is 2. The number of rotatable bonds is 38. The van der Waals surface area contributed by atoms with Crippen LogP contribution in [-0.2, 0) is 76.8 Å². The zero-order chi connectivity index (χ0) is 74.6. The maximum Gasteiger partial charge on any atom is 0.328 e. The third kappa shape index (κ3) is 26.2. The normalized spacial score (nSPS) is 16.7. The number of amides is 8. The van der Waals surface area contributed by atoms with E-state index in [0.717, 1.165) is 17.0 Å². The lowest BCUT2D eigenvalue weighted by atomic mass is 10.0. The summed E-state index contributed by atoms with van der Waals surface area (Å²) in [5.41, 5.74) is 8.29. The molecule has 3 heterocycles. The van der Waals surface area contributed by atoms with Crippen molar-refractivity contribution < 1.29 is 88.2 Å². The van der Waals surface area contributed by atoms with Gasteiger partial charge >= 0.3 is 23.9 Å². The van der Waals surface area contributed by atoms with Crippen LogP contribution in [0.3, 0.4) is 0 Å². The summed E-state index contributed by atoms with van der Waals surface area (Å²) < 4.78 is 0.846. The van der Waals surface area contributed by atoms with Gasteiger partial charge in [-0.1, -0.05) is 66.7 Å². The van der Waals surface area contributed by atoms with Gasteiger partial charge in [-0.05, 0) is 79.2 Å². The SMILES string of the molecule is C[C@@H](O)[C@H](NC(=O)[C@H](CS)NC(=O)[C@@H](NC(=O)[C@H](CCCCN)NC(=O)[C@@H](Cc1c[nH]c2ccccc12)NC(=O)[C@H](Cc1csc2ccccc12)NC(=O)[C@H](CS)NC(=O)[C@@H](Cc1ccccc1)NC(=O)CN1CCN(CC(=O)O)CCN(CC(=O)O)CCN(CC(=O)O)CC1)[C@@H](C)O)C(=O)O. The van der Waals surface area contributed by atoms with E-state index in [1.807, 2.05) is 23.6 Å². The van der Waals surface area contributed by atoms with Gasteiger partial charge in [-0.2, -0.15) is 25.3 Å². The molecule has 32 nitrogen and oxygen atoms in total. The van der Waals surface area contributed by atoms with Gasteiger partial charge in [0.1, 0.15) is 42.3 Å². The quantitative estimate of drug-likeness (QED) is 0.0145. The number of hydrogen-bond acceptors (Lipinski definition) is 22. The first-order valence-corrected chi connectivity index (χ1v) is 35.3. The summed E-state index contributed by atoms with van der Waals surface area (Å²) in [4.78, 5) is 173. The number of thiol groups is 2. The zero-order valence-electron chi connectivity index (χ0n) is 56.5. The number of nitrogens with one attached hydrogen (secondary N) is 9. The van der Waals surface area contributed by atoms with Crippen LogP contribution in [0.15, 0.2) is 90.4 Å². The highest BCUT2D eigenvalue weighted by atomic mass is 32.1. The molecule has 0 bridgehead atoms. The van der Waals surface area contributed by atoms with Crippen LogP contribution < -0.4 is 48.3 Å². The van der Waals surface area contributed by atoms with Crippen molar-refractivity contribution >= 4 is 129 Å². The van der Waals surface area contributed by atoms with Crippen molar-refractivity contribution in [3.8, 4) is 0 Å². The fourth-order valence-electron chi connectivity index (χ4n) is 11.4. The Hall–Kier alpha value is -8.78. The van der Waals surface area contributed by atoms with Gasteiger partial charge in [0.25, 0.3) is 0 Å². The molecule has 0 unspecified atom stereocenters. The summed E-state index contributed by atoms with van der Waals surface area (Å²) >= 11 is 9.96. The molecule has 5 aromatic rings. The molecule has 1 fully saturated rings. The van der Waals surface area contributed by atoms with E-state index in [9.17, 15) is 78.6 Å². The molecule has 35 heteroatoms. The Bertz CT molecular complexity index is 3650. The first-order valence-electron chi connectivity index (χ1n) is 33.2. The van der Waals surface area contributed by atoms with E-state index in [1.54, 1.807) is 86.5 Å². The van der Waals surface area contributed by atoms with Crippen LogP contribution in [0.25, 0.3) is 21.0 Å². The summed E-state index contributed by atoms with van der Waals surface area (Å²) in [5, 5.41) is 83.5. The van der Waals surface area contributed by atoms with Crippen molar-refractivity contribution in [2.24, 2.45) is 5.73 Å². The Morgan fingerprint density at radius 1 is 0.471 bits per heavy atom. The van der Waals surface area contributed by atoms with Gasteiger partial charge in [-0.15, -0.1) is 11.3 Å². The maximum absolute atomic E-state index is 15.3. The number of para-hydroxylation sites is 1. The minimum Gasteiger partial charge on any atom is -0.480 e. The van der Waals surface area contributed by atoms with Gasteiger partial charge in [0.05, 0.1) is 38.4 Å². The lowest BCUT2D eigenvalue weighted by Gasteiger charge is -2.33. The van der Waals surface area contributed by atoms with Gasteiger partial charge in [0.2, 0.25) is 47.3 Å². The summed E-state index contributed by atoms with van der Waals surface area (Å²) in [6.45, 7) is 1.94. The summed E-state index contributed by atoms with van der Waals surface area (Å²) in [5.74, 6) is -13.0. The molecule has 2 aromatic heterocycles. The van der Waals surface area contributed by atoms with Crippen LogP contribution in [0.1, 0.15) is 49.8 Å². The Balaban J connectivity index is 1.27. The number of thiophene rings is 1. The number of nitrogens with two attached hydrogens (primary N) is 1. The molecular weight excluding hydrogens is 1390 g/mol. The number of carbonyl (C=O) groups is 12. The average molecular weight is 1480 g/mol. The molecule has 3 aromatic carbocycles. The molecule has 8 amide bonds. The van der Waals surface area contributed by atoms with Crippen LogP contribution in [0.4, 0.5) is 0 Å². The number of fused-ring (bicyclic) bond motifs is 2. The van der Waals surface area contributed by atoms with Crippen LogP contribution in [0.2, 0.25) is 0 Å². The Labute approximate surface area is 603 Å². The average Bonchev–Trinajstić information content (AvgIpc) is 1.64. The van der Waals surface area contributed by atoms with Gasteiger partial charge in [-0.25, -0.2) is 4.79 Å². The van der Waals surface area contributed by atoms with Crippen molar-refractivity contribution in [2.45, 2.75) is 113 Å². The van der Waals surface area contributed by atoms with Crippen LogP contribution in [0, 0.1) is 0 Å². The van der Waals surface area contributed by atoms with Gasteiger partial charge < -0.3 is 83.9 Å². The van der Waals surface area contributed by atoms with E-state index < -0.39 is 151 Å². The number of nitrogens with zero attached hydrogens (tertiary/aromatic N) is 4. The van der Waals surface area contributed by atoms with Gasteiger partial charge in [0.15, 0.2) is 6.04 Å². The number of hydrogen-bond donors (Lipinski definition) is 18. The lowest BCUT2D eigenvalue weighted by Crippen LogP contribution is -2.62. The highest BCUT2D eigenvalue weighted by Gasteiger charge is 2.37. The monoisotopic (exact) mass is 1480 g/mol. The second-order valence-corrected chi connectivity index (χ2v) is 26.5. The van der Waals surface area contributed by atoms with Crippen molar-refractivity contribution in [1.29, 1.82) is 0 Å². The minimum absolute atomic E-state index is 0.0892. The number of carboxylic acids is 4. The Morgan fingerprint density at radius 2 is 0.882 bits per heavy atom. The van der Waals surface area contributed by atoms with Crippen LogP contribution in [0.5, 0.6) is 0 Å². The van der Waals surface area contributed by atoms with E-state index >= 15 is 9.59 Å². The molecule has 0 aliphatic carbocycles. The molecule has 0 saturated carbocycles. The first kappa shape index (κ1) is 82.2. The molecule has 0 radical (unpaired) electrons. The Morgan fingerprint density at radius 3 is 1.38 bits per heavy atom. The highest BCUT2D eigenvalue weighted by Crippen LogP contribution is 2.27. The van der Waals surface area contributed by atoms with Gasteiger partial charge in [-0.3, -0.25) is 72.3 Å². The molecule has 1 saturated heterocycles. The second-order valence-electron chi connectivity index (χ2n) is 24.9. The van der Waals surface area contributed by atoms with Crippen molar-refractivity contribution in [3.05, 3.63) is 107 Å². The summed E-state index contributed by atoms with van der Waals surface area (Å²) in [7, 11) is 0. The number of aliphatic carboxylic acids is 4. The van der Waals surface area contributed by atoms with E-state index in [1.165, 1.54) is 18.3 Å². The number of benzene rings is 3. The number of aromatic nitrogens is 1. The molecule has 6 rings (SSSR count). The topological polar surface area (TPSA) is 477 Å².